The van der Waals surface area contributed by atoms with Crippen LogP contribution in [-0.2, 0) is 27.8 Å². The molecule has 40 heavy (non-hydrogen) atoms. The second-order valence-corrected chi connectivity index (χ2v) is 13.8. The number of aromatic nitrogens is 4. The minimum Gasteiger partial charge on any atom is -0.378 e. The molecule has 0 spiro atoms. The maximum atomic E-state index is 12.3. The summed E-state index contributed by atoms with van der Waals surface area (Å²) in [5.74, 6) is 0.769. The number of pyridine rings is 1. The number of fused-ring (bicyclic) bond motifs is 1. The van der Waals surface area contributed by atoms with Crippen molar-refractivity contribution >= 4 is 54.1 Å². The van der Waals surface area contributed by atoms with E-state index in [1.54, 1.807) is 17.4 Å². The molecule has 0 amide bonds. The van der Waals surface area contributed by atoms with Crippen LogP contribution in [0.4, 0.5) is 5.69 Å². The van der Waals surface area contributed by atoms with Crippen LogP contribution in [0.25, 0.3) is 28.2 Å². The van der Waals surface area contributed by atoms with Gasteiger partial charge >= 0.3 is 0 Å². The molecule has 214 valence electrons. The number of H-pyrrole nitrogens is 1. The van der Waals surface area contributed by atoms with Gasteiger partial charge in [-0.3, -0.25) is 4.55 Å². The Labute approximate surface area is 244 Å². The van der Waals surface area contributed by atoms with Crippen molar-refractivity contribution < 1.29 is 17.2 Å². The van der Waals surface area contributed by atoms with Gasteiger partial charge in [0.1, 0.15) is 11.3 Å². The second-order valence-electron chi connectivity index (χ2n) is 9.91. The number of nitrogens with zero attached hydrogens (tertiary/aromatic N) is 4. The third kappa shape index (κ3) is 5.48. The highest BCUT2D eigenvalue weighted by Crippen LogP contribution is 2.35. The highest BCUT2D eigenvalue weighted by Gasteiger charge is 2.31. The molecule has 1 unspecified atom stereocenters. The van der Waals surface area contributed by atoms with Crippen molar-refractivity contribution in [3.05, 3.63) is 57.4 Å². The van der Waals surface area contributed by atoms with Gasteiger partial charge in [-0.05, 0) is 73.3 Å². The molecule has 4 N–H and O–H groups in total. The Bertz CT molecular complexity index is 1720. The Morgan fingerprint density at radius 1 is 1.27 bits per heavy atom. The summed E-state index contributed by atoms with van der Waals surface area (Å²) in [6.07, 6.45) is 2.41. The van der Waals surface area contributed by atoms with Crippen molar-refractivity contribution in [3.63, 3.8) is 0 Å². The van der Waals surface area contributed by atoms with E-state index in [0.29, 0.717) is 31.0 Å². The minimum absolute atomic E-state index is 0.0342. The number of benzene rings is 1. The molecule has 3 aromatic heterocycles. The molecule has 0 aliphatic carbocycles. The van der Waals surface area contributed by atoms with Gasteiger partial charge in [0.25, 0.3) is 0 Å². The fraction of sp³-hybridized carbons (Fsp3) is 0.385. The number of imidazole rings is 1. The normalized spacial score (nSPS) is 17.1. The van der Waals surface area contributed by atoms with Crippen LogP contribution in [0.1, 0.15) is 35.9 Å². The molecular formula is C26H32BrN7O4S2. The average molecular weight is 651 g/mol. The molecule has 1 aliphatic heterocycles. The summed E-state index contributed by atoms with van der Waals surface area (Å²) < 4.78 is 52.0. The zero-order chi connectivity index (χ0) is 28.8. The number of rotatable bonds is 9. The summed E-state index contributed by atoms with van der Waals surface area (Å²) >= 11 is 1.52. The van der Waals surface area contributed by atoms with E-state index < -0.39 is 21.3 Å². The first-order valence-corrected chi connectivity index (χ1v) is 16.4. The van der Waals surface area contributed by atoms with E-state index in [9.17, 15) is 12.6 Å². The summed E-state index contributed by atoms with van der Waals surface area (Å²) in [6, 6.07) is 7.95. The summed E-state index contributed by atoms with van der Waals surface area (Å²) in [4.78, 5) is 12.8. The Kier molecular flexibility index (Phi) is 8.19. The molecule has 5 rings (SSSR count). The van der Waals surface area contributed by atoms with Crippen molar-refractivity contribution in [2.75, 3.05) is 24.2 Å². The van der Waals surface area contributed by atoms with E-state index in [-0.39, 0.29) is 18.3 Å². The SMILES string of the molecule is CCS(=O)(=O)N1CC[C@H](Nc2c(Br)cnc3nc(-c4cc(C)n(-c5cccc(CNS(=O)O)c5C)c4C)[nH]c23)C1. The zero-order valence-electron chi connectivity index (χ0n) is 22.7. The first-order chi connectivity index (χ1) is 19.0. The van der Waals surface area contributed by atoms with Crippen LogP contribution in [0, 0.1) is 20.8 Å². The fourth-order valence-corrected chi connectivity index (χ4v) is 7.15. The molecule has 0 saturated carbocycles. The van der Waals surface area contributed by atoms with E-state index in [1.165, 1.54) is 0 Å². The van der Waals surface area contributed by atoms with Gasteiger partial charge < -0.3 is 14.9 Å². The van der Waals surface area contributed by atoms with Gasteiger partial charge in [0, 0.05) is 54.5 Å². The molecule has 1 saturated heterocycles. The topological polar surface area (TPSA) is 145 Å². The maximum Gasteiger partial charge on any atom is 0.232 e. The number of sulfonamides is 1. The van der Waals surface area contributed by atoms with Gasteiger partial charge in [-0.25, -0.2) is 27.3 Å². The standard InChI is InChI=1S/C26H32BrN7O4S2/c1-5-40(37,38)33-10-9-19(14-33)30-23-21(27)13-28-26-24(23)31-25(32-26)20-11-15(2)34(17(20)4)22-8-6-7-18(16(22)3)12-29-39(35)36/h6-8,11,13,19,29H,5,9-10,12,14H2,1-4H3,(H,35,36)(H2,28,30,31,32)/t19-/m0/s1. The second kappa shape index (κ2) is 11.3. The summed E-state index contributed by atoms with van der Waals surface area (Å²) in [7, 11) is -3.23. The van der Waals surface area contributed by atoms with Crippen molar-refractivity contribution in [2.45, 2.75) is 46.7 Å². The largest absolute Gasteiger partial charge is 0.378 e. The van der Waals surface area contributed by atoms with Crippen LogP contribution in [0.2, 0.25) is 0 Å². The molecule has 14 heteroatoms. The lowest BCUT2D eigenvalue weighted by molar-refractivity contribution is 0.476. The van der Waals surface area contributed by atoms with Crippen molar-refractivity contribution in [1.29, 1.82) is 0 Å². The van der Waals surface area contributed by atoms with E-state index in [2.05, 4.69) is 46.6 Å². The first-order valence-electron chi connectivity index (χ1n) is 12.9. The summed E-state index contributed by atoms with van der Waals surface area (Å²) in [5, 5.41) is 3.52. The minimum atomic E-state index is -3.23. The molecule has 0 radical (unpaired) electrons. The Morgan fingerprint density at radius 3 is 2.77 bits per heavy atom. The Hall–Kier alpha value is -2.62. The number of aromatic amines is 1. The molecule has 2 atom stereocenters. The third-order valence-electron chi connectivity index (χ3n) is 7.46. The van der Waals surface area contributed by atoms with Gasteiger partial charge in [-0.15, -0.1) is 0 Å². The average Bonchev–Trinajstić information content (AvgIpc) is 3.63. The first kappa shape index (κ1) is 28.9. The van der Waals surface area contributed by atoms with Gasteiger partial charge in [0.15, 0.2) is 5.65 Å². The Balaban J connectivity index is 1.49. The lowest BCUT2D eigenvalue weighted by atomic mass is 10.1. The van der Waals surface area contributed by atoms with Gasteiger partial charge in [0.05, 0.1) is 15.9 Å². The van der Waals surface area contributed by atoms with Crippen molar-refractivity contribution in [1.82, 2.24) is 28.5 Å². The summed E-state index contributed by atoms with van der Waals surface area (Å²) in [5.41, 5.74) is 7.95. The molecule has 4 aromatic rings. The van der Waals surface area contributed by atoms with Crippen LogP contribution in [0.3, 0.4) is 0 Å². The predicted molar refractivity (Wildman–Crippen MR) is 161 cm³/mol. The van der Waals surface area contributed by atoms with Gasteiger partial charge in [0.2, 0.25) is 21.3 Å². The third-order valence-corrected chi connectivity index (χ3v) is 10.3. The lowest BCUT2D eigenvalue weighted by Gasteiger charge is -2.17. The smallest absolute Gasteiger partial charge is 0.232 e. The highest BCUT2D eigenvalue weighted by molar-refractivity contribution is 9.10. The molecule has 1 aliphatic rings. The van der Waals surface area contributed by atoms with Crippen LogP contribution < -0.4 is 10.0 Å². The molecule has 0 bridgehead atoms. The van der Waals surface area contributed by atoms with Crippen LogP contribution >= 0.6 is 15.9 Å². The van der Waals surface area contributed by atoms with Crippen LogP contribution in [0.5, 0.6) is 0 Å². The number of hydrogen-bond acceptors (Lipinski definition) is 6. The number of anilines is 1. The zero-order valence-corrected chi connectivity index (χ0v) is 25.9. The van der Waals surface area contributed by atoms with E-state index in [0.717, 1.165) is 49.4 Å². The fourth-order valence-electron chi connectivity index (χ4n) is 5.30. The Morgan fingerprint density at radius 2 is 2.05 bits per heavy atom. The van der Waals surface area contributed by atoms with Crippen molar-refractivity contribution in [2.24, 2.45) is 0 Å². The molecule has 4 heterocycles. The van der Waals surface area contributed by atoms with E-state index >= 15 is 0 Å². The van der Waals surface area contributed by atoms with Gasteiger partial charge in [-0.2, -0.15) is 4.31 Å². The number of halogens is 1. The highest BCUT2D eigenvalue weighted by atomic mass is 79.9. The molecule has 1 aromatic carbocycles. The van der Waals surface area contributed by atoms with E-state index in [1.807, 2.05) is 39.0 Å². The number of hydrogen-bond donors (Lipinski definition) is 4. The van der Waals surface area contributed by atoms with Crippen molar-refractivity contribution in [3.8, 4) is 17.1 Å². The van der Waals surface area contributed by atoms with Crippen LogP contribution in [-0.4, -0.2) is 65.9 Å². The molecule has 11 nitrogen and oxygen atoms in total. The molecular weight excluding hydrogens is 618 g/mol. The van der Waals surface area contributed by atoms with Gasteiger partial charge in [-0.1, -0.05) is 12.1 Å². The monoisotopic (exact) mass is 649 g/mol. The number of nitrogens with one attached hydrogen (secondary N) is 3. The van der Waals surface area contributed by atoms with E-state index in [4.69, 9.17) is 9.54 Å². The quantitative estimate of drug-likeness (QED) is 0.199. The lowest BCUT2D eigenvalue weighted by Crippen LogP contribution is -2.32. The molecule has 1 fully saturated rings. The number of aryl methyl sites for hydroxylation is 1. The predicted octanol–water partition coefficient (Wildman–Crippen LogP) is 4.17. The van der Waals surface area contributed by atoms with Crippen LogP contribution in [0.15, 0.2) is 34.9 Å². The summed E-state index contributed by atoms with van der Waals surface area (Å²) in [6.45, 7) is 8.92. The maximum absolute atomic E-state index is 12.3.